The van der Waals surface area contributed by atoms with E-state index in [0.717, 1.165) is 12.8 Å². The molecule has 1 aliphatic carbocycles. The average Bonchev–Trinajstić information content (AvgIpc) is 2.41. The number of carboxylic acid groups (broad SMARTS) is 1. The molecule has 2 rings (SSSR count). The number of piperazine rings is 1. The van der Waals surface area contributed by atoms with Crippen LogP contribution in [0, 0.1) is 11.8 Å². The average molecular weight is 282 g/mol. The van der Waals surface area contributed by atoms with E-state index in [1.54, 1.807) is 18.7 Å². The van der Waals surface area contributed by atoms with E-state index in [0.29, 0.717) is 25.9 Å². The minimum atomic E-state index is -0.907. The van der Waals surface area contributed by atoms with Gasteiger partial charge in [-0.3, -0.25) is 14.4 Å². The van der Waals surface area contributed by atoms with Crippen molar-refractivity contribution >= 4 is 17.8 Å². The highest BCUT2D eigenvalue weighted by molar-refractivity contribution is 5.93. The molecule has 6 heteroatoms. The Morgan fingerprint density at radius 2 is 1.85 bits per heavy atom. The molecule has 2 amide bonds. The molecular formula is C14H22N2O4. The number of nitrogens with zero attached hydrogens (tertiary/aromatic N) is 1. The molecule has 0 spiro atoms. The third kappa shape index (κ3) is 2.51. The Bertz CT molecular complexity index is 433. The first-order valence-corrected chi connectivity index (χ1v) is 7.18. The molecule has 2 atom stereocenters. The van der Waals surface area contributed by atoms with Gasteiger partial charge in [0, 0.05) is 13.1 Å². The molecule has 1 saturated carbocycles. The predicted molar refractivity (Wildman–Crippen MR) is 71.9 cm³/mol. The number of carbonyl (C=O) groups excluding carboxylic acids is 2. The van der Waals surface area contributed by atoms with Crippen LogP contribution in [0.5, 0.6) is 0 Å². The molecule has 2 N–H and O–H groups in total. The van der Waals surface area contributed by atoms with Crippen LogP contribution in [0.2, 0.25) is 0 Å². The Morgan fingerprint density at radius 3 is 2.45 bits per heavy atom. The van der Waals surface area contributed by atoms with Crippen LogP contribution in [0.4, 0.5) is 0 Å². The van der Waals surface area contributed by atoms with Gasteiger partial charge < -0.3 is 15.3 Å². The van der Waals surface area contributed by atoms with Crippen LogP contribution in [-0.2, 0) is 14.4 Å². The van der Waals surface area contributed by atoms with Crippen LogP contribution in [0.15, 0.2) is 0 Å². The third-order valence-corrected chi connectivity index (χ3v) is 4.52. The van der Waals surface area contributed by atoms with Gasteiger partial charge in [-0.05, 0) is 26.7 Å². The van der Waals surface area contributed by atoms with Gasteiger partial charge in [-0.1, -0.05) is 12.8 Å². The number of carbonyl (C=O) groups is 3. The Labute approximate surface area is 118 Å². The van der Waals surface area contributed by atoms with E-state index < -0.39 is 23.3 Å². The van der Waals surface area contributed by atoms with Crippen molar-refractivity contribution in [3.05, 3.63) is 0 Å². The number of rotatable bonds is 2. The SMILES string of the molecule is CC1(C)C(=O)NCCN1C(=O)C1CCCCC1C(=O)O. The summed E-state index contributed by atoms with van der Waals surface area (Å²) in [5.41, 5.74) is -0.907. The summed E-state index contributed by atoms with van der Waals surface area (Å²) < 4.78 is 0. The molecule has 20 heavy (non-hydrogen) atoms. The lowest BCUT2D eigenvalue weighted by molar-refractivity contribution is -0.159. The summed E-state index contributed by atoms with van der Waals surface area (Å²) in [4.78, 5) is 37.5. The van der Waals surface area contributed by atoms with Crippen molar-refractivity contribution in [1.29, 1.82) is 0 Å². The van der Waals surface area contributed by atoms with Gasteiger partial charge in [0.2, 0.25) is 11.8 Å². The topological polar surface area (TPSA) is 86.7 Å². The number of hydrogen-bond acceptors (Lipinski definition) is 3. The maximum absolute atomic E-state index is 12.7. The van der Waals surface area contributed by atoms with Gasteiger partial charge in [0.1, 0.15) is 5.54 Å². The van der Waals surface area contributed by atoms with Crippen LogP contribution < -0.4 is 5.32 Å². The van der Waals surface area contributed by atoms with Crippen LogP contribution in [0.3, 0.4) is 0 Å². The molecule has 2 aliphatic rings. The van der Waals surface area contributed by atoms with Crippen molar-refractivity contribution in [2.75, 3.05) is 13.1 Å². The fraction of sp³-hybridized carbons (Fsp3) is 0.786. The Hall–Kier alpha value is -1.59. The molecule has 1 heterocycles. The van der Waals surface area contributed by atoms with Crippen LogP contribution in [0.25, 0.3) is 0 Å². The summed E-state index contributed by atoms with van der Waals surface area (Å²) in [6, 6.07) is 0. The Morgan fingerprint density at radius 1 is 1.25 bits per heavy atom. The summed E-state index contributed by atoms with van der Waals surface area (Å²) in [5.74, 6) is -2.37. The molecule has 0 radical (unpaired) electrons. The van der Waals surface area contributed by atoms with E-state index in [9.17, 15) is 19.5 Å². The third-order valence-electron chi connectivity index (χ3n) is 4.52. The van der Waals surface area contributed by atoms with Gasteiger partial charge in [0.05, 0.1) is 11.8 Å². The molecule has 1 aliphatic heterocycles. The highest BCUT2D eigenvalue weighted by atomic mass is 16.4. The van der Waals surface area contributed by atoms with Crippen molar-refractivity contribution in [3.63, 3.8) is 0 Å². The summed E-state index contributed by atoms with van der Waals surface area (Å²) in [6.45, 7) is 4.29. The van der Waals surface area contributed by atoms with Gasteiger partial charge in [0.25, 0.3) is 0 Å². The maximum Gasteiger partial charge on any atom is 0.307 e. The van der Waals surface area contributed by atoms with Crippen LogP contribution >= 0.6 is 0 Å². The smallest absolute Gasteiger partial charge is 0.307 e. The van der Waals surface area contributed by atoms with Crippen LogP contribution in [0.1, 0.15) is 39.5 Å². The second kappa shape index (κ2) is 5.42. The minimum absolute atomic E-state index is 0.181. The first-order valence-electron chi connectivity index (χ1n) is 7.18. The lowest BCUT2D eigenvalue weighted by Crippen LogP contribution is -2.64. The molecule has 0 aromatic heterocycles. The molecule has 6 nitrogen and oxygen atoms in total. The first-order chi connectivity index (χ1) is 9.35. The van der Waals surface area contributed by atoms with Crippen molar-refractivity contribution < 1.29 is 19.5 Å². The van der Waals surface area contributed by atoms with E-state index in [1.807, 2.05) is 0 Å². The number of hydrogen-bond donors (Lipinski definition) is 2. The van der Waals surface area contributed by atoms with E-state index in [4.69, 9.17) is 0 Å². The van der Waals surface area contributed by atoms with Crippen molar-refractivity contribution in [2.45, 2.75) is 45.1 Å². The van der Waals surface area contributed by atoms with Gasteiger partial charge in [0.15, 0.2) is 0 Å². The monoisotopic (exact) mass is 282 g/mol. The molecule has 1 saturated heterocycles. The normalized spacial score (nSPS) is 29.7. The molecule has 112 valence electrons. The molecule has 0 bridgehead atoms. The fourth-order valence-electron chi connectivity index (χ4n) is 3.21. The number of nitrogens with one attached hydrogen (secondary N) is 1. The second-order valence-electron chi connectivity index (χ2n) is 6.14. The second-order valence-corrected chi connectivity index (χ2v) is 6.14. The van der Waals surface area contributed by atoms with Crippen molar-refractivity contribution in [1.82, 2.24) is 10.2 Å². The summed E-state index contributed by atoms with van der Waals surface area (Å²) in [5, 5.41) is 12.0. The lowest BCUT2D eigenvalue weighted by Gasteiger charge is -2.44. The molecular weight excluding hydrogens is 260 g/mol. The highest BCUT2D eigenvalue weighted by Gasteiger charge is 2.45. The summed E-state index contributed by atoms with van der Waals surface area (Å²) in [7, 11) is 0. The number of aliphatic carboxylic acids is 1. The highest BCUT2D eigenvalue weighted by Crippen LogP contribution is 2.33. The molecule has 0 aromatic rings. The molecule has 0 aromatic carbocycles. The zero-order valence-electron chi connectivity index (χ0n) is 12.0. The Kier molecular flexibility index (Phi) is 4.01. The van der Waals surface area contributed by atoms with E-state index >= 15 is 0 Å². The van der Waals surface area contributed by atoms with E-state index in [2.05, 4.69) is 5.32 Å². The summed E-state index contributed by atoms with van der Waals surface area (Å²) >= 11 is 0. The predicted octanol–water partition coefficient (Wildman–Crippen LogP) is 0.614. The minimum Gasteiger partial charge on any atom is -0.481 e. The fourth-order valence-corrected chi connectivity index (χ4v) is 3.21. The van der Waals surface area contributed by atoms with Crippen molar-refractivity contribution in [2.24, 2.45) is 11.8 Å². The van der Waals surface area contributed by atoms with Gasteiger partial charge in [-0.15, -0.1) is 0 Å². The van der Waals surface area contributed by atoms with E-state index in [1.165, 1.54) is 0 Å². The standard InChI is InChI=1S/C14H22N2O4/c1-14(2)13(20)15-7-8-16(14)11(17)9-5-3-4-6-10(9)12(18)19/h9-10H,3-8H2,1-2H3,(H,15,20)(H,18,19). The number of amides is 2. The van der Waals surface area contributed by atoms with Gasteiger partial charge in [-0.2, -0.15) is 0 Å². The van der Waals surface area contributed by atoms with Gasteiger partial charge in [-0.25, -0.2) is 0 Å². The van der Waals surface area contributed by atoms with Crippen molar-refractivity contribution in [3.8, 4) is 0 Å². The Balaban J connectivity index is 2.20. The largest absolute Gasteiger partial charge is 0.481 e. The zero-order valence-corrected chi connectivity index (χ0v) is 12.0. The number of carboxylic acids is 1. The van der Waals surface area contributed by atoms with E-state index in [-0.39, 0.29) is 11.8 Å². The maximum atomic E-state index is 12.7. The molecule has 2 unspecified atom stereocenters. The molecule has 2 fully saturated rings. The zero-order chi connectivity index (χ0) is 14.9. The van der Waals surface area contributed by atoms with Crippen LogP contribution in [-0.4, -0.2) is 46.4 Å². The lowest BCUT2D eigenvalue weighted by atomic mass is 9.77. The first kappa shape index (κ1) is 14.8. The van der Waals surface area contributed by atoms with Gasteiger partial charge >= 0.3 is 5.97 Å². The quantitative estimate of drug-likeness (QED) is 0.777. The summed E-state index contributed by atoms with van der Waals surface area (Å²) in [6.07, 6.45) is 2.88.